The molecule has 2 rings (SSSR count). The van der Waals surface area contributed by atoms with E-state index in [0.29, 0.717) is 46.6 Å². The molecule has 8 heteroatoms. The van der Waals surface area contributed by atoms with Crippen LogP contribution in [-0.2, 0) is 4.79 Å². The molecule has 0 atom stereocenters. The highest BCUT2D eigenvalue weighted by Gasteiger charge is 2.09. The fourth-order valence-corrected chi connectivity index (χ4v) is 2.56. The summed E-state index contributed by atoms with van der Waals surface area (Å²) in [6, 6.07) is 8.82. The van der Waals surface area contributed by atoms with E-state index in [-0.39, 0.29) is 5.91 Å². The van der Waals surface area contributed by atoms with E-state index in [1.54, 1.807) is 36.5 Å². The molecule has 2 N–H and O–H groups in total. The number of pyridine rings is 1. The zero-order chi connectivity index (χ0) is 19.6. The topological polar surface area (TPSA) is 96.3 Å². The van der Waals surface area contributed by atoms with Crippen LogP contribution in [0.5, 0.6) is 11.5 Å². The second kappa shape index (κ2) is 10.0. The van der Waals surface area contributed by atoms with Crippen molar-refractivity contribution in [2.45, 2.75) is 0 Å². The van der Waals surface area contributed by atoms with Crippen molar-refractivity contribution in [1.29, 1.82) is 5.26 Å². The first-order valence-electron chi connectivity index (χ1n) is 8.05. The van der Waals surface area contributed by atoms with E-state index in [1.807, 2.05) is 0 Å². The highest BCUT2D eigenvalue weighted by atomic mass is 35.5. The number of nitrogens with zero attached hydrogens (tertiary/aromatic N) is 2. The highest BCUT2D eigenvalue weighted by molar-refractivity contribution is 6.32. The lowest BCUT2D eigenvalue weighted by Crippen LogP contribution is -2.27. The van der Waals surface area contributed by atoms with Crippen molar-refractivity contribution in [3.8, 4) is 17.6 Å². The van der Waals surface area contributed by atoms with Gasteiger partial charge in [0.2, 0.25) is 5.91 Å². The number of hydrogen-bond donors (Lipinski definition) is 2. The van der Waals surface area contributed by atoms with E-state index in [2.05, 4.69) is 21.7 Å². The summed E-state index contributed by atoms with van der Waals surface area (Å²) in [5.41, 5.74) is 1.16. The van der Waals surface area contributed by atoms with Gasteiger partial charge in [0.25, 0.3) is 0 Å². The van der Waals surface area contributed by atoms with Crippen molar-refractivity contribution in [3.05, 3.63) is 52.7 Å². The molecule has 1 aromatic carbocycles. The quantitative estimate of drug-likeness (QED) is 0.535. The van der Waals surface area contributed by atoms with Gasteiger partial charge in [0.05, 0.1) is 24.8 Å². The van der Waals surface area contributed by atoms with Crippen LogP contribution in [-0.4, -0.2) is 38.2 Å². The number of methoxy groups -OCH3 is 2. The van der Waals surface area contributed by atoms with Gasteiger partial charge in [0.1, 0.15) is 11.9 Å². The van der Waals surface area contributed by atoms with Crippen LogP contribution in [0.25, 0.3) is 6.08 Å². The summed E-state index contributed by atoms with van der Waals surface area (Å²) in [6.45, 7) is 0.810. The molecule has 0 radical (unpaired) electrons. The Balaban J connectivity index is 1.87. The first kappa shape index (κ1) is 20.1. The molecule has 0 spiro atoms. The van der Waals surface area contributed by atoms with Crippen LogP contribution in [0.1, 0.15) is 11.1 Å². The lowest BCUT2D eigenvalue weighted by molar-refractivity contribution is -0.116. The predicted molar refractivity (Wildman–Crippen MR) is 104 cm³/mol. The minimum atomic E-state index is -0.260. The number of halogens is 1. The average molecular weight is 387 g/mol. The van der Waals surface area contributed by atoms with E-state index in [4.69, 9.17) is 26.3 Å². The third kappa shape index (κ3) is 5.62. The van der Waals surface area contributed by atoms with Crippen LogP contribution in [0, 0.1) is 11.3 Å². The summed E-state index contributed by atoms with van der Waals surface area (Å²) < 4.78 is 10.4. The molecule has 0 aliphatic rings. The van der Waals surface area contributed by atoms with Gasteiger partial charge in [-0.1, -0.05) is 11.6 Å². The monoisotopic (exact) mass is 386 g/mol. The molecule has 140 valence electrons. The zero-order valence-corrected chi connectivity index (χ0v) is 15.7. The number of nitriles is 1. The van der Waals surface area contributed by atoms with Gasteiger partial charge in [-0.3, -0.25) is 4.79 Å². The predicted octanol–water partition coefficient (Wildman–Crippen LogP) is 2.87. The second-order valence-corrected chi connectivity index (χ2v) is 5.71. The van der Waals surface area contributed by atoms with Crippen LogP contribution in [0.2, 0.25) is 5.02 Å². The van der Waals surface area contributed by atoms with Crippen LogP contribution < -0.4 is 20.1 Å². The number of amides is 1. The van der Waals surface area contributed by atoms with Gasteiger partial charge in [-0.2, -0.15) is 5.26 Å². The Labute approximate surface area is 162 Å². The van der Waals surface area contributed by atoms with Crippen molar-refractivity contribution in [2.75, 3.05) is 32.6 Å². The smallest absolute Gasteiger partial charge is 0.244 e. The molecule has 0 aliphatic carbocycles. The second-order valence-electron chi connectivity index (χ2n) is 5.30. The van der Waals surface area contributed by atoms with Crippen molar-refractivity contribution in [1.82, 2.24) is 10.3 Å². The number of aromatic nitrogens is 1. The summed E-state index contributed by atoms with van der Waals surface area (Å²) in [6.07, 6.45) is 4.63. The van der Waals surface area contributed by atoms with Crippen LogP contribution >= 0.6 is 11.6 Å². The third-order valence-corrected chi connectivity index (χ3v) is 3.81. The van der Waals surface area contributed by atoms with Gasteiger partial charge in [-0.25, -0.2) is 4.98 Å². The van der Waals surface area contributed by atoms with Crippen molar-refractivity contribution in [3.63, 3.8) is 0 Å². The van der Waals surface area contributed by atoms with Crippen molar-refractivity contribution in [2.24, 2.45) is 0 Å². The molecule has 0 fully saturated rings. The first-order valence-corrected chi connectivity index (χ1v) is 8.43. The Kier molecular flexibility index (Phi) is 7.47. The molecule has 0 bridgehead atoms. The molecule has 27 heavy (non-hydrogen) atoms. The molecule has 7 nitrogen and oxygen atoms in total. The van der Waals surface area contributed by atoms with Crippen molar-refractivity contribution < 1.29 is 14.3 Å². The van der Waals surface area contributed by atoms with Crippen LogP contribution in [0.3, 0.4) is 0 Å². The number of benzene rings is 1. The molecular formula is C19H19ClN4O3. The largest absolute Gasteiger partial charge is 0.493 e. The molecule has 0 saturated carbocycles. The molecule has 1 aromatic heterocycles. The molecular weight excluding hydrogens is 368 g/mol. The van der Waals surface area contributed by atoms with Gasteiger partial charge in [-0.05, 0) is 35.9 Å². The van der Waals surface area contributed by atoms with Gasteiger partial charge in [0.15, 0.2) is 11.5 Å². The van der Waals surface area contributed by atoms with E-state index >= 15 is 0 Å². The van der Waals surface area contributed by atoms with E-state index in [0.717, 1.165) is 0 Å². The Bertz CT molecular complexity index is 878. The summed E-state index contributed by atoms with van der Waals surface area (Å²) >= 11 is 6.14. The fraction of sp³-hybridized carbons (Fsp3) is 0.211. The zero-order valence-electron chi connectivity index (χ0n) is 15.0. The maximum atomic E-state index is 11.9. The molecule has 1 heterocycles. The van der Waals surface area contributed by atoms with E-state index in [9.17, 15) is 4.79 Å². The average Bonchev–Trinajstić information content (AvgIpc) is 2.69. The maximum absolute atomic E-state index is 11.9. The Morgan fingerprint density at radius 3 is 2.85 bits per heavy atom. The molecule has 0 unspecified atom stereocenters. The Hall–Kier alpha value is -3.24. The number of anilines is 1. The Morgan fingerprint density at radius 1 is 1.33 bits per heavy atom. The van der Waals surface area contributed by atoms with Gasteiger partial charge < -0.3 is 20.1 Å². The molecule has 0 aliphatic heterocycles. The number of carbonyl (C=O) groups is 1. The lowest BCUT2D eigenvalue weighted by Gasteiger charge is -2.10. The summed E-state index contributed by atoms with van der Waals surface area (Å²) in [4.78, 5) is 16.0. The summed E-state index contributed by atoms with van der Waals surface area (Å²) in [5, 5.41) is 15.1. The minimum absolute atomic E-state index is 0.260. The van der Waals surface area contributed by atoms with Crippen molar-refractivity contribution >= 4 is 29.4 Å². The van der Waals surface area contributed by atoms with Gasteiger partial charge in [0, 0.05) is 25.4 Å². The normalized spacial score (nSPS) is 10.3. The molecule has 1 amide bonds. The third-order valence-electron chi connectivity index (χ3n) is 3.53. The number of hydrogen-bond acceptors (Lipinski definition) is 6. The number of rotatable bonds is 8. The minimum Gasteiger partial charge on any atom is -0.493 e. The standard InChI is InChI=1S/C19H19ClN4O3/c1-26-16-11-13(10-15(20)18(16)27-2)5-6-17(25)22-8-9-24-19-14(12-21)4-3-7-23-19/h3-7,10-11H,8-9H2,1-2H3,(H,22,25)(H,23,24)/b6-5+. The van der Waals surface area contributed by atoms with E-state index in [1.165, 1.54) is 20.3 Å². The SMILES string of the molecule is COc1cc(/C=C/C(=O)NCCNc2ncccc2C#N)cc(Cl)c1OC. The highest BCUT2D eigenvalue weighted by Crippen LogP contribution is 2.36. The summed E-state index contributed by atoms with van der Waals surface area (Å²) in [5.74, 6) is 1.16. The lowest BCUT2D eigenvalue weighted by atomic mass is 10.2. The van der Waals surface area contributed by atoms with Gasteiger partial charge >= 0.3 is 0 Å². The van der Waals surface area contributed by atoms with E-state index < -0.39 is 0 Å². The van der Waals surface area contributed by atoms with Crippen LogP contribution in [0.15, 0.2) is 36.5 Å². The maximum Gasteiger partial charge on any atom is 0.244 e. The number of carbonyl (C=O) groups excluding carboxylic acids is 1. The fourth-order valence-electron chi connectivity index (χ4n) is 2.27. The number of nitrogens with one attached hydrogen (secondary N) is 2. The summed E-state index contributed by atoms with van der Waals surface area (Å²) in [7, 11) is 3.02. The number of ether oxygens (including phenoxy) is 2. The molecule has 2 aromatic rings. The van der Waals surface area contributed by atoms with Crippen LogP contribution in [0.4, 0.5) is 5.82 Å². The molecule has 0 saturated heterocycles. The first-order chi connectivity index (χ1) is 13.1. The Morgan fingerprint density at radius 2 is 2.15 bits per heavy atom. The van der Waals surface area contributed by atoms with Gasteiger partial charge in [-0.15, -0.1) is 0 Å².